The molecule has 3 heteroatoms. The minimum Gasteiger partial charge on any atom is -0.314 e. The second kappa shape index (κ2) is 8.16. The summed E-state index contributed by atoms with van der Waals surface area (Å²) in [7, 11) is 0. The average molecular weight is 447 g/mol. The summed E-state index contributed by atoms with van der Waals surface area (Å²) < 4.78 is 3.31. The zero-order valence-electron chi connectivity index (χ0n) is 17.5. The molecule has 0 atom stereocenters. The molecule has 0 aliphatic heterocycles. The Balaban J connectivity index is 1.85. The number of nitrogens with zero attached hydrogens (tertiary/aromatic N) is 2. The predicted octanol–water partition coefficient (Wildman–Crippen LogP) is 7.70. The molecule has 0 fully saturated rings. The number of rotatable bonds is 5. The van der Waals surface area contributed by atoms with Crippen LogP contribution in [0.15, 0.2) is 65.4 Å². The van der Waals surface area contributed by atoms with Gasteiger partial charge in [0.05, 0.1) is 17.4 Å². The van der Waals surface area contributed by atoms with Crippen LogP contribution in [0.5, 0.6) is 0 Å². The van der Waals surface area contributed by atoms with E-state index in [1.807, 2.05) is 6.20 Å². The topological polar surface area (TPSA) is 17.8 Å². The zero-order valence-corrected chi connectivity index (χ0v) is 19.1. The van der Waals surface area contributed by atoms with Gasteiger partial charge in [-0.3, -0.25) is 4.98 Å². The highest BCUT2D eigenvalue weighted by molar-refractivity contribution is 9.10. The van der Waals surface area contributed by atoms with E-state index in [0.29, 0.717) is 5.92 Å². The molecule has 4 aromatic rings. The third-order valence-corrected chi connectivity index (χ3v) is 6.37. The van der Waals surface area contributed by atoms with E-state index in [9.17, 15) is 0 Å². The highest BCUT2D eigenvalue weighted by Gasteiger charge is 2.14. The standard InChI is InChI=1S/C26H27BrN2/c1-5-18-8-7-9-19(6-2)26(18)24-14-22-23(27)16-29(25(22)15-28-24)21-12-10-20(11-13-21)17(3)4/h7-17H,5-6H2,1-4H3. The Morgan fingerprint density at radius 2 is 1.62 bits per heavy atom. The number of aryl methyl sites for hydroxylation is 2. The van der Waals surface area contributed by atoms with E-state index in [-0.39, 0.29) is 0 Å². The highest BCUT2D eigenvalue weighted by atomic mass is 79.9. The Bertz CT molecular complexity index is 1130. The van der Waals surface area contributed by atoms with Crippen molar-refractivity contribution in [3.63, 3.8) is 0 Å². The summed E-state index contributed by atoms with van der Waals surface area (Å²) in [6.07, 6.45) is 6.17. The van der Waals surface area contributed by atoms with Crippen LogP contribution >= 0.6 is 15.9 Å². The second-order valence-electron chi connectivity index (χ2n) is 7.84. The molecule has 2 aromatic carbocycles. The van der Waals surface area contributed by atoms with E-state index in [1.165, 1.54) is 27.6 Å². The third kappa shape index (κ3) is 3.64. The first-order chi connectivity index (χ1) is 14.0. The predicted molar refractivity (Wildman–Crippen MR) is 127 cm³/mol. The van der Waals surface area contributed by atoms with Crippen LogP contribution in [0.25, 0.3) is 27.8 Å². The number of aromatic nitrogens is 2. The number of benzene rings is 2. The molecule has 0 radical (unpaired) electrons. The fraction of sp³-hybridized carbons (Fsp3) is 0.269. The van der Waals surface area contributed by atoms with E-state index in [0.717, 1.165) is 34.2 Å². The summed E-state index contributed by atoms with van der Waals surface area (Å²) in [5, 5.41) is 1.19. The maximum Gasteiger partial charge on any atom is 0.0724 e. The van der Waals surface area contributed by atoms with Crippen molar-refractivity contribution in [1.82, 2.24) is 9.55 Å². The van der Waals surface area contributed by atoms with Gasteiger partial charge in [0, 0.05) is 27.3 Å². The Kier molecular flexibility index (Phi) is 5.60. The summed E-state index contributed by atoms with van der Waals surface area (Å²) in [5.41, 5.74) is 8.69. The van der Waals surface area contributed by atoms with Crippen LogP contribution in [0, 0.1) is 0 Å². The maximum atomic E-state index is 4.90. The summed E-state index contributed by atoms with van der Waals surface area (Å²) in [6, 6.07) is 17.6. The minimum atomic E-state index is 0.535. The first-order valence-corrected chi connectivity index (χ1v) is 11.2. The molecule has 0 N–H and O–H groups in total. The van der Waals surface area contributed by atoms with Crippen molar-refractivity contribution < 1.29 is 0 Å². The third-order valence-electron chi connectivity index (χ3n) is 5.74. The van der Waals surface area contributed by atoms with Crippen LogP contribution in [0.2, 0.25) is 0 Å². The lowest BCUT2D eigenvalue weighted by atomic mass is 9.94. The zero-order chi connectivity index (χ0) is 20.5. The van der Waals surface area contributed by atoms with Gasteiger partial charge in [-0.25, -0.2) is 0 Å². The number of hydrogen-bond acceptors (Lipinski definition) is 1. The van der Waals surface area contributed by atoms with E-state index >= 15 is 0 Å². The van der Waals surface area contributed by atoms with Crippen LogP contribution in [-0.4, -0.2) is 9.55 Å². The molecule has 0 aliphatic carbocycles. The average Bonchev–Trinajstić information content (AvgIpc) is 3.09. The van der Waals surface area contributed by atoms with E-state index in [2.05, 4.69) is 103 Å². The van der Waals surface area contributed by atoms with Gasteiger partial charge in [-0.15, -0.1) is 0 Å². The van der Waals surface area contributed by atoms with Crippen molar-refractivity contribution >= 4 is 26.8 Å². The van der Waals surface area contributed by atoms with Crippen molar-refractivity contribution in [2.75, 3.05) is 0 Å². The summed E-state index contributed by atoms with van der Waals surface area (Å²) in [5.74, 6) is 0.535. The van der Waals surface area contributed by atoms with Crippen LogP contribution in [0.3, 0.4) is 0 Å². The van der Waals surface area contributed by atoms with Crippen molar-refractivity contribution in [3.8, 4) is 16.9 Å². The molecule has 0 bridgehead atoms. The van der Waals surface area contributed by atoms with E-state index in [1.54, 1.807) is 0 Å². The lowest BCUT2D eigenvalue weighted by Gasteiger charge is -2.13. The molecule has 4 rings (SSSR count). The first-order valence-electron chi connectivity index (χ1n) is 10.4. The fourth-order valence-electron chi connectivity index (χ4n) is 4.03. The van der Waals surface area contributed by atoms with Crippen LogP contribution < -0.4 is 0 Å². The van der Waals surface area contributed by atoms with Gasteiger partial charge in [0.15, 0.2) is 0 Å². The lowest BCUT2D eigenvalue weighted by molar-refractivity contribution is 0.865. The SMILES string of the molecule is CCc1cccc(CC)c1-c1cc2c(Br)cn(-c3ccc(C(C)C)cc3)c2cn1. The van der Waals surface area contributed by atoms with Crippen molar-refractivity contribution in [3.05, 3.63) is 82.1 Å². The molecule has 2 heterocycles. The van der Waals surface area contributed by atoms with Gasteiger partial charge in [0.25, 0.3) is 0 Å². The van der Waals surface area contributed by atoms with Crippen LogP contribution in [0.1, 0.15) is 50.3 Å². The van der Waals surface area contributed by atoms with E-state index in [4.69, 9.17) is 4.98 Å². The monoisotopic (exact) mass is 446 g/mol. The molecule has 148 valence electrons. The summed E-state index contributed by atoms with van der Waals surface area (Å²) >= 11 is 3.78. The largest absolute Gasteiger partial charge is 0.314 e. The van der Waals surface area contributed by atoms with Crippen LogP contribution in [-0.2, 0) is 12.8 Å². The molecule has 0 saturated heterocycles. The van der Waals surface area contributed by atoms with Gasteiger partial charge in [-0.05, 0) is 69.6 Å². The number of pyridine rings is 1. The van der Waals surface area contributed by atoms with Crippen molar-refractivity contribution in [2.24, 2.45) is 0 Å². The Hall–Kier alpha value is -2.39. The molecule has 0 saturated carbocycles. The van der Waals surface area contributed by atoms with E-state index < -0.39 is 0 Å². The Morgan fingerprint density at radius 3 is 2.21 bits per heavy atom. The van der Waals surface area contributed by atoms with Crippen molar-refractivity contribution in [2.45, 2.75) is 46.5 Å². The molecule has 0 amide bonds. The lowest BCUT2D eigenvalue weighted by Crippen LogP contribution is -1.97. The molecular formula is C26H27BrN2. The first kappa shape index (κ1) is 19.9. The number of fused-ring (bicyclic) bond motifs is 1. The molecule has 2 nitrogen and oxygen atoms in total. The normalized spacial score (nSPS) is 11.5. The maximum absolute atomic E-state index is 4.90. The molecule has 0 spiro atoms. The number of halogens is 1. The Morgan fingerprint density at radius 1 is 0.966 bits per heavy atom. The fourth-order valence-corrected chi connectivity index (χ4v) is 4.55. The highest BCUT2D eigenvalue weighted by Crippen LogP contribution is 2.34. The quantitative estimate of drug-likeness (QED) is 0.306. The minimum absolute atomic E-state index is 0.535. The van der Waals surface area contributed by atoms with Crippen molar-refractivity contribution in [1.29, 1.82) is 0 Å². The smallest absolute Gasteiger partial charge is 0.0724 e. The second-order valence-corrected chi connectivity index (χ2v) is 8.69. The Labute approximate surface area is 181 Å². The molecule has 2 aromatic heterocycles. The van der Waals surface area contributed by atoms with Gasteiger partial charge in [0.1, 0.15) is 0 Å². The molecule has 29 heavy (non-hydrogen) atoms. The summed E-state index contributed by atoms with van der Waals surface area (Å²) in [4.78, 5) is 4.90. The molecular weight excluding hydrogens is 420 g/mol. The van der Waals surface area contributed by atoms with Gasteiger partial charge in [0.2, 0.25) is 0 Å². The van der Waals surface area contributed by atoms with Gasteiger partial charge in [-0.1, -0.05) is 58.0 Å². The number of hydrogen-bond donors (Lipinski definition) is 0. The van der Waals surface area contributed by atoms with Gasteiger partial charge >= 0.3 is 0 Å². The van der Waals surface area contributed by atoms with Gasteiger partial charge in [-0.2, -0.15) is 0 Å². The summed E-state index contributed by atoms with van der Waals surface area (Å²) in [6.45, 7) is 8.87. The molecule has 0 aliphatic rings. The van der Waals surface area contributed by atoms with Crippen LogP contribution in [0.4, 0.5) is 0 Å². The molecule has 0 unspecified atom stereocenters. The van der Waals surface area contributed by atoms with Gasteiger partial charge < -0.3 is 4.57 Å².